The normalized spacial score (nSPS) is 13.1. The van der Waals surface area contributed by atoms with Gasteiger partial charge in [0.2, 0.25) is 0 Å². The summed E-state index contributed by atoms with van der Waals surface area (Å²) in [7, 11) is 0. The molecule has 0 aliphatic heterocycles. The molecule has 1 aromatic rings. The predicted molar refractivity (Wildman–Crippen MR) is 60.4 cm³/mol. The Morgan fingerprint density at radius 3 is 2.38 bits per heavy atom. The van der Waals surface area contributed by atoms with Crippen molar-refractivity contribution in [2.75, 3.05) is 6.61 Å². The molecule has 0 spiro atoms. The Kier molecular flexibility index (Phi) is 5.75. The molecule has 1 rings (SSSR count). The molecule has 0 saturated carbocycles. The Labute approximate surface area is 105 Å². The lowest BCUT2D eigenvalue weighted by molar-refractivity contribution is -0.137. The molecule has 0 heterocycles. The molecule has 0 unspecified atom stereocenters. The van der Waals surface area contributed by atoms with Crippen LogP contribution in [0.4, 0.5) is 13.2 Å². The third kappa shape index (κ3) is 3.62. The number of nitrogens with two attached hydrogens (primary N) is 1. The highest BCUT2D eigenvalue weighted by Gasteiger charge is 2.31. The predicted octanol–water partition coefficient (Wildman–Crippen LogP) is 2.88. The van der Waals surface area contributed by atoms with Gasteiger partial charge >= 0.3 is 6.18 Å². The van der Waals surface area contributed by atoms with E-state index in [1.165, 1.54) is 6.07 Å². The Hall–Kier alpha value is -0.300. The standard InChI is InChI=1S/C9H9BrF3NO.ClH/c10-7-2-1-5(9(11,12)13)3-6(7)8(14)4-15;/h1-3,8,15H,4,14H2;1H/t8-;/m0./s1. The quantitative estimate of drug-likeness (QED) is 0.880. The average molecular weight is 321 g/mol. The summed E-state index contributed by atoms with van der Waals surface area (Å²) in [6.07, 6.45) is -4.40. The zero-order chi connectivity index (χ0) is 11.6. The second-order valence-corrected chi connectivity index (χ2v) is 3.88. The van der Waals surface area contributed by atoms with Gasteiger partial charge in [0.15, 0.2) is 0 Å². The SMILES string of the molecule is Cl.N[C@@H](CO)c1cc(C(F)(F)F)ccc1Br. The van der Waals surface area contributed by atoms with E-state index in [1.807, 2.05) is 0 Å². The highest BCUT2D eigenvalue weighted by atomic mass is 79.9. The first-order valence-corrected chi connectivity index (χ1v) is 4.88. The second kappa shape index (κ2) is 5.86. The van der Waals surface area contributed by atoms with E-state index in [-0.39, 0.29) is 18.0 Å². The van der Waals surface area contributed by atoms with E-state index in [1.54, 1.807) is 0 Å². The Morgan fingerprint density at radius 1 is 1.38 bits per heavy atom. The first-order valence-electron chi connectivity index (χ1n) is 4.09. The maximum Gasteiger partial charge on any atom is 0.416 e. The summed E-state index contributed by atoms with van der Waals surface area (Å²) in [5.74, 6) is 0. The molecule has 0 bridgehead atoms. The molecule has 2 nitrogen and oxygen atoms in total. The van der Waals surface area contributed by atoms with Gasteiger partial charge in [0.1, 0.15) is 0 Å². The van der Waals surface area contributed by atoms with Gasteiger partial charge in [-0.15, -0.1) is 12.4 Å². The lowest BCUT2D eigenvalue weighted by atomic mass is 10.1. The van der Waals surface area contributed by atoms with Crippen LogP contribution in [0.2, 0.25) is 0 Å². The molecule has 7 heteroatoms. The summed E-state index contributed by atoms with van der Waals surface area (Å²) in [6, 6.07) is 2.35. The molecule has 3 N–H and O–H groups in total. The van der Waals surface area contributed by atoms with Crippen LogP contribution >= 0.6 is 28.3 Å². The monoisotopic (exact) mass is 319 g/mol. The largest absolute Gasteiger partial charge is 0.416 e. The van der Waals surface area contributed by atoms with Crippen LogP contribution in [0.3, 0.4) is 0 Å². The van der Waals surface area contributed by atoms with Gasteiger partial charge in [0.05, 0.1) is 18.2 Å². The van der Waals surface area contributed by atoms with E-state index >= 15 is 0 Å². The van der Waals surface area contributed by atoms with E-state index in [0.29, 0.717) is 4.47 Å². The molecular weight excluding hydrogens is 310 g/mol. The van der Waals surface area contributed by atoms with Gasteiger partial charge in [-0.2, -0.15) is 13.2 Å². The molecule has 1 aromatic carbocycles. The maximum atomic E-state index is 12.3. The molecule has 0 radical (unpaired) electrons. The summed E-state index contributed by atoms with van der Waals surface area (Å²) in [4.78, 5) is 0. The fourth-order valence-electron chi connectivity index (χ4n) is 1.10. The van der Waals surface area contributed by atoms with Gasteiger partial charge in [0.25, 0.3) is 0 Å². The van der Waals surface area contributed by atoms with Crippen molar-refractivity contribution in [1.82, 2.24) is 0 Å². The minimum atomic E-state index is -4.40. The van der Waals surface area contributed by atoms with Crippen molar-refractivity contribution in [1.29, 1.82) is 0 Å². The van der Waals surface area contributed by atoms with Gasteiger partial charge in [-0.1, -0.05) is 15.9 Å². The van der Waals surface area contributed by atoms with Crippen molar-refractivity contribution in [3.05, 3.63) is 33.8 Å². The Bertz CT molecular complexity index is 359. The molecule has 1 atom stereocenters. The van der Waals surface area contributed by atoms with Crippen molar-refractivity contribution < 1.29 is 18.3 Å². The number of rotatable bonds is 2. The number of alkyl halides is 3. The van der Waals surface area contributed by atoms with Gasteiger partial charge in [-0.25, -0.2) is 0 Å². The molecule has 0 fully saturated rings. The number of hydrogen-bond donors (Lipinski definition) is 2. The lowest BCUT2D eigenvalue weighted by Gasteiger charge is -2.14. The van der Waals surface area contributed by atoms with Crippen LogP contribution in [-0.2, 0) is 6.18 Å². The van der Waals surface area contributed by atoms with Crippen LogP contribution < -0.4 is 5.73 Å². The Balaban J connectivity index is 0.00000225. The fourth-order valence-corrected chi connectivity index (χ4v) is 1.64. The van der Waals surface area contributed by atoms with E-state index in [9.17, 15) is 13.2 Å². The highest BCUT2D eigenvalue weighted by Crippen LogP contribution is 2.33. The summed E-state index contributed by atoms with van der Waals surface area (Å²) < 4.78 is 37.5. The van der Waals surface area contributed by atoms with Crippen LogP contribution in [0.5, 0.6) is 0 Å². The maximum absolute atomic E-state index is 12.3. The molecule has 0 aromatic heterocycles. The summed E-state index contributed by atoms with van der Waals surface area (Å²) in [6.45, 7) is -0.403. The minimum absolute atomic E-state index is 0. The van der Waals surface area contributed by atoms with Crippen molar-refractivity contribution in [3.8, 4) is 0 Å². The summed E-state index contributed by atoms with van der Waals surface area (Å²) >= 11 is 3.08. The van der Waals surface area contributed by atoms with Gasteiger partial charge in [0, 0.05) is 4.47 Å². The molecular formula is C9H10BrClF3NO. The number of hydrogen-bond acceptors (Lipinski definition) is 2. The molecule has 0 amide bonds. The van der Waals surface area contributed by atoms with Gasteiger partial charge in [-0.3, -0.25) is 0 Å². The Morgan fingerprint density at radius 2 is 1.94 bits per heavy atom. The van der Waals surface area contributed by atoms with Crippen LogP contribution in [-0.4, -0.2) is 11.7 Å². The van der Waals surface area contributed by atoms with E-state index in [0.717, 1.165) is 12.1 Å². The van der Waals surface area contributed by atoms with Crippen molar-refractivity contribution in [2.24, 2.45) is 5.73 Å². The lowest BCUT2D eigenvalue weighted by Crippen LogP contribution is -2.16. The number of aliphatic hydroxyl groups excluding tert-OH is 1. The van der Waals surface area contributed by atoms with E-state index < -0.39 is 24.4 Å². The van der Waals surface area contributed by atoms with Crippen LogP contribution in [0.1, 0.15) is 17.2 Å². The van der Waals surface area contributed by atoms with E-state index in [2.05, 4.69) is 15.9 Å². The van der Waals surface area contributed by atoms with Crippen molar-refractivity contribution >= 4 is 28.3 Å². The van der Waals surface area contributed by atoms with Crippen LogP contribution in [0.15, 0.2) is 22.7 Å². The molecule has 92 valence electrons. The molecule has 0 aliphatic carbocycles. The van der Waals surface area contributed by atoms with Crippen molar-refractivity contribution in [2.45, 2.75) is 12.2 Å². The number of benzene rings is 1. The highest BCUT2D eigenvalue weighted by molar-refractivity contribution is 9.10. The average Bonchev–Trinajstić information content (AvgIpc) is 2.15. The van der Waals surface area contributed by atoms with Crippen LogP contribution in [0.25, 0.3) is 0 Å². The third-order valence-electron chi connectivity index (χ3n) is 1.92. The summed E-state index contributed by atoms with van der Waals surface area (Å²) in [5.41, 5.74) is 4.93. The van der Waals surface area contributed by atoms with Crippen molar-refractivity contribution in [3.63, 3.8) is 0 Å². The first-order chi connectivity index (χ1) is 6.86. The number of halogens is 5. The third-order valence-corrected chi connectivity index (χ3v) is 2.64. The smallest absolute Gasteiger partial charge is 0.394 e. The second-order valence-electron chi connectivity index (χ2n) is 3.02. The zero-order valence-corrected chi connectivity index (χ0v) is 10.4. The summed E-state index contributed by atoms with van der Waals surface area (Å²) in [5, 5.41) is 8.78. The number of aliphatic hydroxyl groups is 1. The van der Waals surface area contributed by atoms with Gasteiger partial charge in [-0.05, 0) is 23.8 Å². The molecule has 0 aliphatic rings. The first kappa shape index (κ1) is 15.7. The van der Waals surface area contributed by atoms with Gasteiger partial charge < -0.3 is 10.8 Å². The molecule has 0 saturated heterocycles. The van der Waals surface area contributed by atoms with E-state index in [4.69, 9.17) is 10.8 Å². The topological polar surface area (TPSA) is 46.2 Å². The molecule has 16 heavy (non-hydrogen) atoms. The minimum Gasteiger partial charge on any atom is -0.394 e. The van der Waals surface area contributed by atoms with Crippen LogP contribution in [0, 0.1) is 0 Å². The zero-order valence-electron chi connectivity index (χ0n) is 7.96. The fraction of sp³-hybridized carbons (Fsp3) is 0.333.